The lowest BCUT2D eigenvalue weighted by Gasteiger charge is -2.26. The Bertz CT molecular complexity index is 1030. The lowest BCUT2D eigenvalue weighted by Crippen LogP contribution is -2.40. The Balaban J connectivity index is 1.25. The predicted octanol–water partition coefficient (Wildman–Crippen LogP) is 4.44. The van der Waals surface area contributed by atoms with E-state index in [1.54, 1.807) is 11.0 Å². The molecule has 1 aromatic heterocycles. The first-order valence-electron chi connectivity index (χ1n) is 12.1. The third-order valence-electron chi connectivity index (χ3n) is 7.15. The fourth-order valence-corrected chi connectivity index (χ4v) is 4.97. The number of benzene rings is 1. The molecule has 2 aliphatic heterocycles. The van der Waals surface area contributed by atoms with Gasteiger partial charge < -0.3 is 4.90 Å². The number of rotatable bonds is 7. The van der Waals surface area contributed by atoms with Crippen LogP contribution in [0.5, 0.6) is 0 Å². The third kappa shape index (κ3) is 4.78. The molecule has 33 heavy (non-hydrogen) atoms. The van der Waals surface area contributed by atoms with E-state index in [4.69, 9.17) is 0 Å². The maximum Gasteiger partial charge on any atom is 0.327 e. The van der Waals surface area contributed by atoms with Gasteiger partial charge in [0.15, 0.2) is 0 Å². The Morgan fingerprint density at radius 2 is 1.73 bits per heavy atom. The van der Waals surface area contributed by atoms with Gasteiger partial charge in [-0.3, -0.25) is 14.6 Å². The van der Waals surface area contributed by atoms with Crippen LogP contribution in [0.25, 0.3) is 11.3 Å². The number of piperidine rings is 1. The minimum absolute atomic E-state index is 0.0129. The summed E-state index contributed by atoms with van der Waals surface area (Å²) in [6.07, 6.45) is 5.75. The largest absolute Gasteiger partial charge is 0.327 e. The zero-order chi connectivity index (χ0) is 22.9. The van der Waals surface area contributed by atoms with Gasteiger partial charge in [0.25, 0.3) is 5.91 Å². The molecule has 1 saturated carbocycles. The molecule has 1 atom stereocenters. The topological polar surface area (TPSA) is 56.8 Å². The van der Waals surface area contributed by atoms with Gasteiger partial charge in [0.05, 0.1) is 11.4 Å². The van der Waals surface area contributed by atoms with E-state index in [0.29, 0.717) is 24.7 Å². The smallest absolute Gasteiger partial charge is 0.311 e. The average Bonchev–Trinajstić information content (AvgIpc) is 3.63. The highest BCUT2D eigenvalue weighted by Gasteiger charge is 2.43. The summed E-state index contributed by atoms with van der Waals surface area (Å²) in [6.45, 7) is 5.04. The molecule has 3 amide bonds. The molecule has 0 unspecified atom stereocenters. The van der Waals surface area contributed by atoms with E-state index < -0.39 is 0 Å². The highest BCUT2D eigenvalue weighted by atomic mass is 19.1. The average molecular weight is 451 g/mol. The van der Waals surface area contributed by atoms with Gasteiger partial charge in [-0.05, 0) is 69.3 Å². The molecule has 3 fully saturated rings. The minimum Gasteiger partial charge on any atom is -0.311 e. The van der Waals surface area contributed by atoms with Crippen LogP contribution in [0.2, 0.25) is 0 Å². The molecule has 0 radical (unpaired) electrons. The third-order valence-corrected chi connectivity index (χ3v) is 7.15. The number of hydrogen-bond donors (Lipinski definition) is 0. The van der Waals surface area contributed by atoms with Gasteiger partial charge in [-0.15, -0.1) is 0 Å². The fraction of sp³-hybridized carbons (Fsp3) is 0.500. The van der Waals surface area contributed by atoms with Crippen LogP contribution in [-0.4, -0.2) is 57.3 Å². The molecule has 0 N–H and O–H groups in total. The molecular formula is C26H31FN4O2. The number of likely N-dealkylation sites (tertiary alicyclic amines) is 1. The van der Waals surface area contributed by atoms with Crippen molar-refractivity contribution in [3.63, 3.8) is 0 Å². The summed E-state index contributed by atoms with van der Waals surface area (Å²) >= 11 is 0. The van der Waals surface area contributed by atoms with Gasteiger partial charge in [0.1, 0.15) is 12.4 Å². The van der Waals surface area contributed by atoms with Crippen LogP contribution in [0.1, 0.15) is 50.3 Å². The second kappa shape index (κ2) is 9.21. The van der Waals surface area contributed by atoms with Gasteiger partial charge in [-0.25, -0.2) is 14.2 Å². The summed E-state index contributed by atoms with van der Waals surface area (Å²) in [7, 11) is 0. The first-order chi connectivity index (χ1) is 16.0. The van der Waals surface area contributed by atoms with Crippen molar-refractivity contribution in [1.29, 1.82) is 0 Å². The second-order valence-electron chi connectivity index (χ2n) is 9.64. The van der Waals surface area contributed by atoms with Crippen molar-refractivity contribution in [2.24, 2.45) is 5.92 Å². The second-order valence-corrected chi connectivity index (χ2v) is 9.64. The Labute approximate surface area is 194 Å². The highest BCUT2D eigenvalue weighted by molar-refractivity contribution is 6.02. The van der Waals surface area contributed by atoms with Crippen molar-refractivity contribution in [1.82, 2.24) is 19.7 Å². The van der Waals surface area contributed by atoms with Crippen LogP contribution in [0.3, 0.4) is 0 Å². The summed E-state index contributed by atoms with van der Waals surface area (Å²) < 4.78 is 14.4. The molecule has 0 spiro atoms. The number of nitrogens with zero attached hydrogens (tertiary/aromatic N) is 4. The maximum absolute atomic E-state index is 14.4. The van der Waals surface area contributed by atoms with Crippen LogP contribution in [0.4, 0.5) is 9.18 Å². The lowest BCUT2D eigenvalue weighted by molar-refractivity contribution is -0.126. The van der Waals surface area contributed by atoms with E-state index in [-0.39, 0.29) is 30.3 Å². The van der Waals surface area contributed by atoms with Crippen LogP contribution >= 0.6 is 0 Å². The molecule has 2 aromatic rings. The van der Waals surface area contributed by atoms with Gasteiger partial charge in [-0.2, -0.15) is 0 Å². The van der Waals surface area contributed by atoms with E-state index in [1.165, 1.54) is 17.4 Å². The number of carbonyl (C=O) groups excluding carboxylic acids is 2. The van der Waals surface area contributed by atoms with E-state index in [1.807, 2.05) is 31.2 Å². The standard InChI is InChI=1S/C26H31FN4O2/c1-18(20-9-10-20)31-25(32)17-30(26(31)33)15-19-5-7-21(8-6-19)23-12-11-22(27)24(28-23)16-29-13-3-2-4-14-29/h5-8,11-12,18,20H,2-4,9-10,13-17H2,1H3/t18-/m1/s1. The molecule has 5 rings (SSSR count). The predicted molar refractivity (Wildman–Crippen MR) is 124 cm³/mol. The van der Waals surface area contributed by atoms with Crippen LogP contribution in [0, 0.1) is 11.7 Å². The lowest BCUT2D eigenvalue weighted by atomic mass is 10.1. The number of pyridine rings is 1. The van der Waals surface area contributed by atoms with Crippen molar-refractivity contribution in [3.8, 4) is 11.3 Å². The molecule has 3 heterocycles. The first-order valence-corrected chi connectivity index (χ1v) is 12.1. The van der Waals surface area contributed by atoms with Crippen LogP contribution < -0.4 is 0 Å². The molecular weight excluding hydrogens is 419 g/mol. The van der Waals surface area contributed by atoms with Crippen molar-refractivity contribution in [2.75, 3.05) is 19.6 Å². The van der Waals surface area contributed by atoms with E-state index in [0.717, 1.165) is 55.6 Å². The van der Waals surface area contributed by atoms with Crippen LogP contribution in [0.15, 0.2) is 36.4 Å². The molecule has 0 bridgehead atoms. The number of hydrogen-bond acceptors (Lipinski definition) is 4. The molecule has 2 saturated heterocycles. The minimum atomic E-state index is -0.261. The number of aromatic nitrogens is 1. The maximum atomic E-state index is 14.4. The SMILES string of the molecule is C[C@H](C1CC1)N1C(=O)CN(Cc2ccc(-c3ccc(F)c(CN4CCCCC4)n3)cc2)C1=O. The molecule has 1 aromatic carbocycles. The number of imide groups is 1. The van der Waals surface area contributed by atoms with Gasteiger partial charge >= 0.3 is 6.03 Å². The Morgan fingerprint density at radius 1 is 1.00 bits per heavy atom. The molecule has 174 valence electrons. The molecule has 6 nitrogen and oxygen atoms in total. The van der Waals surface area contributed by atoms with Crippen molar-refractivity contribution in [3.05, 3.63) is 53.5 Å². The summed E-state index contributed by atoms with van der Waals surface area (Å²) in [5, 5.41) is 0. The first kappa shape index (κ1) is 22.0. The molecule has 7 heteroatoms. The van der Waals surface area contributed by atoms with E-state index in [2.05, 4.69) is 9.88 Å². The number of carbonyl (C=O) groups is 2. The number of amides is 3. The monoisotopic (exact) mass is 450 g/mol. The van der Waals surface area contributed by atoms with Crippen LogP contribution in [-0.2, 0) is 17.9 Å². The summed E-state index contributed by atoms with van der Waals surface area (Å²) in [6, 6.07) is 10.8. The van der Waals surface area contributed by atoms with E-state index >= 15 is 0 Å². The van der Waals surface area contributed by atoms with Crippen molar-refractivity contribution >= 4 is 11.9 Å². The number of urea groups is 1. The Kier molecular flexibility index (Phi) is 6.15. The van der Waals surface area contributed by atoms with Crippen molar-refractivity contribution < 1.29 is 14.0 Å². The summed E-state index contributed by atoms with van der Waals surface area (Å²) in [5.41, 5.74) is 3.10. The van der Waals surface area contributed by atoms with Gasteiger partial charge in [0.2, 0.25) is 0 Å². The Hall–Kier alpha value is -2.80. The zero-order valence-electron chi connectivity index (χ0n) is 19.2. The highest BCUT2D eigenvalue weighted by Crippen LogP contribution is 2.36. The Morgan fingerprint density at radius 3 is 2.42 bits per heavy atom. The zero-order valence-corrected chi connectivity index (χ0v) is 19.2. The number of halogens is 1. The summed E-state index contributed by atoms with van der Waals surface area (Å²) in [4.78, 5) is 35.2. The molecule has 1 aliphatic carbocycles. The summed E-state index contributed by atoms with van der Waals surface area (Å²) in [5.74, 6) is 0.0936. The molecule has 3 aliphatic rings. The quantitative estimate of drug-likeness (QED) is 0.586. The fourth-order valence-electron chi connectivity index (χ4n) is 4.97. The normalized spacial score (nSPS) is 20.5. The van der Waals surface area contributed by atoms with E-state index in [9.17, 15) is 14.0 Å². The van der Waals surface area contributed by atoms with Gasteiger partial charge in [-0.1, -0.05) is 30.7 Å². The van der Waals surface area contributed by atoms with Crippen molar-refractivity contribution in [2.45, 2.75) is 58.2 Å². The van der Waals surface area contributed by atoms with Gasteiger partial charge in [0, 0.05) is 24.7 Å².